The van der Waals surface area contributed by atoms with E-state index in [1.54, 1.807) is 4.90 Å². The van der Waals surface area contributed by atoms with Crippen LogP contribution in [-0.2, 0) is 0 Å². The van der Waals surface area contributed by atoms with Crippen LogP contribution in [0.3, 0.4) is 0 Å². The average Bonchev–Trinajstić information content (AvgIpc) is 2.37. The van der Waals surface area contributed by atoms with Gasteiger partial charge in [0, 0.05) is 6.92 Å². The van der Waals surface area contributed by atoms with E-state index in [2.05, 4.69) is 32.7 Å². The van der Waals surface area contributed by atoms with E-state index in [1.807, 2.05) is 0 Å². The summed E-state index contributed by atoms with van der Waals surface area (Å²) in [6.45, 7) is 10.2. The number of aliphatic imine (C=N–C) groups is 1. The van der Waals surface area contributed by atoms with Gasteiger partial charge in [-0.15, -0.1) is 0 Å². The largest absolute Gasteiger partial charge is 0.274 e. The summed E-state index contributed by atoms with van der Waals surface area (Å²) in [7, 11) is 0. The molecule has 2 rings (SSSR count). The molecule has 1 saturated heterocycles. The number of nitrogens with one attached hydrogen (secondary N) is 1. The number of fused-ring (bicyclic) bond motifs is 1. The molecule has 0 aliphatic carbocycles. The first-order valence-corrected chi connectivity index (χ1v) is 3.90. The smallest absolute Gasteiger partial charge is 0.194 e. The zero-order chi connectivity index (χ0) is 7.57. The van der Waals surface area contributed by atoms with Gasteiger partial charge in [-0.1, -0.05) is 0 Å². The maximum absolute atomic E-state index is 4.60. The first-order valence-electron chi connectivity index (χ1n) is 3.90. The third-order valence-corrected chi connectivity index (χ3v) is 3.31. The molecule has 56 valence electrons. The van der Waals surface area contributed by atoms with E-state index in [1.165, 1.54) is 12.4 Å². The summed E-state index contributed by atoms with van der Waals surface area (Å²) in [5.74, 6) is 1.30. The van der Waals surface area contributed by atoms with Crippen molar-refractivity contribution >= 4 is 5.84 Å². The molecule has 2 atom stereocenters. The molecule has 2 aliphatic rings. The molecular weight excluding hydrogens is 124 g/mol. The molecule has 2 heteroatoms. The van der Waals surface area contributed by atoms with Crippen molar-refractivity contribution in [2.24, 2.45) is 4.99 Å². The zero-order valence-electron chi connectivity index (χ0n) is 7.15. The Bertz CT molecular complexity index is 217. The molecule has 10 heavy (non-hydrogen) atoms. The van der Waals surface area contributed by atoms with Crippen LogP contribution >= 0.6 is 0 Å². The van der Waals surface area contributed by atoms with Crippen molar-refractivity contribution in [1.29, 1.82) is 0 Å². The maximum atomic E-state index is 4.60. The minimum absolute atomic E-state index is 0.187. The Morgan fingerprint density at radius 1 is 1.40 bits per heavy atom. The van der Waals surface area contributed by atoms with Crippen molar-refractivity contribution in [3.63, 3.8) is 0 Å². The van der Waals surface area contributed by atoms with E-state index in [0.717, 1.165) is 0 Å². The quantitative estimate of drug-likeness (QED) is 0.450. The van der Waals surface area contributed by atoms with E-state index in [-0.39, 0.29) is 5.54 Å². The fourth-order valence-electron chi connectivity index (χ4n) is 2.03. The van der Waals surface area contributed by atoms with Crippen molar-refractivity contribution in [3.8, 4) is 0 Å². The number of hydrogen-bond acceptors (Lipinski definition) is 1. The first-order chi connectivity index (χ1) is 4.47. The molecular formula is C8H15N2+. The fourth-order valence-corrected chi connectivity index (χ4v) is 2.03. The third kappa shape index (κ3) is 0.473. The lowest BCUT2D eigenvalue weighted by molar-refractivity contribution is -0.682. The lowest BCUT2D eigenvalue weighted by atomic mass is 9.90. The van der Waals surface area contributed by atoms with Gasteiger partial charge in [-0.3, -0.25) is 4.90 Å². The lowest BCUT2D eigenvalue weighted by Crippen LogP contribution is -2.98. The van der Waals surface area contributed by atoms with E-state index in [4.69, 9.17) is 0 Å². The summed E-state index contributed by atoms with van der Waals surface area (Å²) in [5, 5.41) is 0. The van der Waals surface area contributed by atoms with Gasteiger partial charge in [0.05, 0.1) is 0 Å². The predicted octanol–water partition coefficient (Wildman–Crippen LogP) is -0.146. The number of amidine groups is 1. The Morgan fingerprint density at radius 3 is 2.10 bits per heavy atom. The van der Waals surface area contributed by atoms with Crippen LogP contribution in [0.2, 0.25) is 0 Å². The van der Waals surface area contributed by atoms with Crippen molar-refractivity contribution in [2.45, 2.75) is 38.8 Å². The molecule has 2 nitrogen and oxygen atoms in total. The van der Waals surface area contributed by atoms with Gasteiger partial charge in [-0.2, -0.15) is 0 Å². The van der Waals surface area contributed by atoms with Gasteiger partial charge in [-0.25, -0.2) is 4.99 Å². The van der Waals surface area contributed by atoms with Crippen LogP contribution in [0.5, 0.6) is 0 Å². The van der Waals surface area contributed by atoms with Gasteiger partial charge in [0.25, 0.3) is 0 Å². The highest BCUT2D eigenvalue weighted by Gasteiger charge is 2.69. The average molecular weight is 139 g/mol. The molecule has 2 heterocycles. The molecule has 0 aromatic carbocycles. The van der Waals surface area contributed by atoms with Gasteiger partial charge >= 0.3 is 0 Å². The molecule has 0 spiro atoms. The second-order valence-electron chi connectivity index (χ2n) is 4.24. The summed E-state index contributed by atoms with van der Waals surface area (Å²) >= 11 is 0. The standard InChI is InChI=1S/C8H14N2/c1-6-9-7(2,3)8(4)5-10(6)8/h5H2,1-4H3/p+1. The number of quaternary nitrogens is 1. The molecule has 0 aromatic heterocycles. The van der Waals surface area contributed by atoms with Gasteiger partial charge in [0.15, 0.2) is 11.4 Å². The second-order valence-corrected chi connectivity index (χ2v) is 4.24. The minimum Gasteiger partial charge on any atom is -0.274 e. The van der Waals surface area contributed by atoms with Crippen LogP contribution in [0.25, 0.3) is 0 Å². The first kappa shape index (κ1) is 6.35. The Kier molecular flexibility index (Phi) is 0.828. The van der Waals surface area contributed by atoms with E-state index >= 15 is 0 Å². The monoisotopic (exact) mass is 139 g/mol. The molecule has 0 bridgehead atoms. The third-order valence-electron chi connectivity index (χ3n) is 3.31. The molecule has 1 N–H and O–H groups in total. The fraction of sp³-hybridized carbons (Fsp3) is 0.875. The summed E-state index contributed by atoms with van der Waals surface area (Å²) in [6, 6.07) is 0. The summed E-state index contributed by atoms with van der Waals surface area (Å²) in [5.41, 5.74) is 0.628. The Morgan fingerprint density at radius 2 is 2.00 bits per heavy atom. The van der Waals surface area contributed by atoms with Crippen LogP contribution < -0.4 is 4.90 Å². The molecule has 0 saturated carbocycles. The molecule has 0 radical (unpaired) electrons. The van der Waals surface area contributed by atoms with E-state index in [9.17, 15) is 0 Å². The molecule has 2 unspecified atom stereocenters. The summed E-state index contributed by atoms with van der Waals surface area (Å²) < 4.78 is 0. The molecule has 1 fully saturated rings. The van der Waals surface area contributed by atoms with Crippen LogP contribution in [-0.4, -0.2) is 23.5 Å². The van der Waals surface area contributed by atoms with Gasteiger partial charge in [0.2, 0.25) is 0 Å². The van der Waals surface area contributed by atoms with Crippen LogP contribution in [0, 0.1) is 0 Å². The lowest BCUT2D eigenvalue weighted by Gasteiger charge is -2.16. The zero-order valence-corrected chi connectivity index (χ0v) is 7.15. The van der Waals surface area contributed by atoms with Crippen LogP contribution in [0.1, 0.15) is 27.7 Å². The van der Waals surface area contributed by atoms with Crippen molar-refractivity contribution in [2.75, 3.05) is 6.54 Å². The Labute approximate surface area is 61.9 Å². The highest BCUT2D eigenvalue weighted by molar-refractivity contribution is 5.75. The van der Waals surface area contributed by atoms with Crippen molar-refractivity contribution in [1.82, 2.24) is 0 Å². The van der Waals surface area contributed by atoms with E-state index in [0.29, 0.717) is 5.54 Å². The SMILES string of the molecule is CC1=NC(C)(C)C2(C)C[NH+]12. The highest BCUT2D eigenvalue weighted by Crippen LogP contribution is 2.32. The number of hydrogen-bond donors (Lipinski definition) is 1. The number of rotatable bonds is 0. The Hall–Kier alpha value is -0.370. The predicted molar refractivity (Wildman–Crippen MR) is 41.4 cm³/mol. The summed E-state index contributed by atoms with van der Waals surface area (Å²) in [6.07, 6.45) is 0. The van der Waals surface area contributed by atoms with Crippen LogP contribution in [0.4, 0.5) is 0 Å². The van der Waals surface area contributed by atoms with E-state index < -0.39 is 0 Å². The minimum atomic E-state index is 0.187. The topological polar surface area (TPSA) is 16.8 Å². The second kappa shape index (κ2) is 1.30. The molecule has 0 aromatic rings. The Balaban J connectivity index is 2.41. The number of nitrogens with zero attached hydrogens (tertiary/aromatic N) is 1. The summed E-state index contributed by atoms with van der Waals surface area (Å²) in [4.78, 5) is 6.20. The normalized spacial score (nSPS) is 48.4. The van der Waals surface area contributed by atoms with Gasteiger partial charge < -0.3 is 0 Å². The highest BCUT2D eigenvalue weighted by atomic mass is 15.5. The van der Waals surface area contributed by atoms with Gasteiger partial charge in [0.1, 0.15) is 12.1 Å². The maximum Gasteiger partial charge on any atom is 0.194 e. The van der Waals surface area contributed by atoms with Crippen LogP contribution in [0.15, 0.2) is 4.99 Å². The van der Waals surface area contributed by atoms with Crippen molar-refractivity contribution < 1.29 is 4.90 Å². The van der Waals surface area contributed by atoms with Crippen molar-refractivity contribution in [3.05, 3.63) is 0 Å². The molecule has 0 amide bonds. The molecule has 2 aliphatic heterocycles. The van der Waals surface area contributed by atoms with Gasteiger partial charge in [-0.05, 0) is 20.8 Å².